The summed E-state index contributed by atoms with van der Waals surface area (Å²) in [5.41, 5.74) is 6.65. The van der Waals surface area contributed by atoms with E-state index in [1.54, 1.807) is 32.2 Å². The Labute approximate surface area is 124 Å². The van der Waals surface area contributed by atoms with Crippen LogP contribution in [-0.2, 0) is 9.53 Å². The number of methoxy groups -OCH3 is 1. The molecule has 116 valence electrons. The van der Waals surface area contributed by atoms with Crippen LogP contribution < -0.4 is 10.5 Å². The van der Waals surface area contributed by atoms with Gasteiger partial charge in [0.2, 0.25) is 0 Å². The summed E-state index contributed by atoms with van der Waals surface area (Å²) in [6, 6.07) is 5.03. The molecule has 0 saturated heterocycles. The summed E-state index contributed by atoms with van der Waals surface area (Å²) in [6.07, 6.45) is 0. The van der Waals surface area contributed by atoms with Crippen LogP contribution in [-0.4, -0.2) is 44.1 Å². The Balaban J connectivity index is 2.93. The lowest BCUT2D eigenvalue weighted by atomic mass is 10.1. The third kappa shape index (κ3) is 4.11. The second-order valence-electron chi connectivity index (χ2n) is 4.77. The number of carbonyl (C=O) groups is 2. The Bertz CT molecular complexity index is 516. The fourth-order valence-corrected chi connectivity index (χ4v) is 2.00. The highest BCUT2D eigenvalue weighted by atomic mass is 16.5. The molecular formula is C15H22N2O4. The number of hydrogen-bond acceptors (Lipinski definition) is 5. The maximum Gasteiger partial charge on any atom is 0.310 e. The van der Waals surface area contributed by atoms with E-state index in [2.05, 4.69) is 4.74 Å². The molecule has 1 rings (SSSR count). The first-order valence-corrected chi connectivity index (χ1v) is 6.76. The van der Waals surface area contributed by atoms with Crippen molar-refractivity contribution in [1.82, 2.24) is 4.90 Å². The van der Waals surface area contributed by atoms with Crippen molar-refractivity contribution < 1.29 is 19.1 Å². The third-order valence-corrected chi connectivity index (χ3v) is 3.06. The molecule has 21 heavy (non-hydrogen) atoms. The van der Waals surface area contributed by atoms with E-state index >= 15 is 0 Å². The summed E-state index contributed by atoms with van der Waals surface area (Å²) in [4.78, 5) is 25.4. The van der Waals surface area contributed by atoms with Gasteiger partial charge in [0.25, 0.3) is 5.91 Å². The van der Waals surface area contributed by atoms with E-state index in [9.17, 15) is 9.59 Å². The van der Waals surface area contributed by atoms with Crippen molar-refractivity contribution in [3.63, 3.8) is 0 Å². The van der Waals surface area contributed by atoms with Crippen molar-refractivity contribution in [2.75, 3.05) is 33.0 Å². The molecule has 6 nitrogen and oxygen atoms in total. The summed E-state index contributed by atoms with van der Waals surface area (Å²) >= 11 is 0. The zero-order chi connectivity index (χ0) is 16.0. The molecule has 2 N–H and O–H groups in total. The van der Waals surface area contributed by atoms with Gasteiger partial charge in [-0.15, -0.1) is 0 Å². The summed E-state index contributed by atoms with van der Waals surface area (Å²) in [5, 5.41) is 0. The number of anilines is 1. The monoisotopic (exact) mass is 294 g/mol. The van der Waals surface area contributed by atoms with E-state index in [1.165, 1.54) is 12.0 Å². The minimum Gasteiger partial charge on any atom is -0.491 e. The molecule has 1 atom stereocenters. The highest BCUT2D eigenvalue weighted by Gasteiger charge is 2.22. The number of esters is 1. The quantitative estimate of drug-likeness (QED) is 0.636. The Morgan fingerprint density at radius 1 is 1.38 bits per heavy atom. The fourth-order valence-electron chi connectivity index (χ4n) is 2.00. The van der Waals surface area contributed by atoms with Crippen LogP contribution in [0.3, 0.4) is 0 Å². The SMILES string of the molecule is CCOc1c(N)cccc1C(=O)N(C)CC(C)C(=O)OC. The van der Waals surface area contributed by atoms with Gasteiger partial charge < -0.3 is 20.1 Å². The zero-order valence-electron chi connectivity index (χ0n) is 12.9. The smallest absolute Gasteiger partial charge is 0.310 e. The topological polar surface area (TPSA) is 81.9 Å². The Morgan fingerprint density at radius 2 is 2.05 bits per heavy atom. The first kappa shape index (κ1) is 16.8. The van der Waals surface area contributed by atoms with Gasteiger partial charge in [0.1, 0.15) is 0 Å². The average Bonchev–Trinajstić information content (AvgIpc) is 2.47. The van der Waals surface area contributed by atoms with Crippen LogP contribution in [0.15, 0.2) is 18.2 Å². The lowest BCUT2D eigenvalue weighted by Crippen LogP contribution is -2.34. The van der Waals surface area contributed by atoms with Crippen LogP contribution in [0.4, 0.5) is 5.69 Å². The molecule has 1 aromatic carbocycles. The number of nitrogens with two attached hydrogens (primary N) is 1. The summed E-state index contributed by atoms with van der Waals surface area (Å²) in [7, 11) is 2.95. The lowest BCUT2D eigenvalue weighted by Gasteiger charge is -2.22. The predicted molar refractivity (Wildman–Crippen MR) is 80.2 cm³/mol. The van der Waals surface area contributed by atoms with E-state index in [-0.39, 0.29) is 18.4 Å². The summed E-state index contributed by atoms with van der Waals surface area (Å²) < 4.78 is 10.1. The highest BCUT2D eigenvalue weighted by Crippen LogP contribution is 2.27. The molecule has 0 aliphatic carbocycles. The van der Waals surface area contributed by atoms with E-state index in [0.29, 0.717) is 23.6 Å². The molecule has 6 heteroatoms. The summed E-state index contributed by atoms with van der Waals surface area (Å²) in [6.45, 7) is 4.20. The van der Waals surface area contributed by atoms with E-state index in [4.69, 9.17) is 10.5 Å². The number of hydrogen-bond donors (Lipinski definition) is 1. The minimum absolute atomic E-state index is 0.249. The Kier molecular flexibility index (Phi) is 6.02. The van der Waals surface area contributed by atoms with Crippen molar-refractivity contribution in [3.05, 3.63) is 23.8 Å². The molecule has 0 fully saturated rings. The molecular weight excluding hydrogens is 272 g/mol. The maximum atomic E-state index is 12.5. The van der Waals surface area contributed by atoms with E-state index in [1.807, 2.05) is 6.92 Å². The minimum atomic E-state index is -0.402. The number of nitrogen functional groups attached to an aromatic ring is 1. The molecule has 0 spiro atoms. The molecule has 0 aliphatic heterocycles. The van der Waals surface area contributed by atoms with Gasteiger partial charge in [-0.2, -0.15) is 0 Å². The van der Waals surface area contributed by atoms with Gasteiger partial charge in [0, 0.05) is 13.6 Å². The standard InChI is InChI=1S/C15H22N2O4/c1-5-21-13-11(7-6-8-12(13)16)14(18)17(3)9-10(2)15(19)20-4/h6-8,10H,5,9,16H2,1-4H3. The number of carbonyl (C=O) groups excluding carboxylic acids is 2. The molecule has 0 radical (unpaired) electrons. The highest BCUT2D eigenvalue weighted by molar-refractivity contribution is 5.98. The fraction of sp³-hybridized carbons (Fsp3) is 0.467. The molecule has 1 amide bonds. The van der Waals surface area contributed by atoms with Crippen LogP contribution in [0.25, 0.3) is 0 Å². The number of para-hydroxylation sites is 1. The van der Waals surface area contributed by atoms with Crippen molar-refractivity contribution >= 4 is 17.6 Å². The second-order valence-corrected chi connectivity index (χ2v) is 4.77. The van der Waals surface area contributed by atoms with Gasteiger partial charge >= 0.3 is 5.97 Å². The van der Waals surface area contributed by atoms with Crippen molar-refractivity contribution in [2.24, 2.45) is 5.92 Å². The number of amides is 1. The number of benzene rings is 1. The van der Waals surface area contributed by atoms with Crippen LogP contribution in [0.1, 0.15) is 24.2 Å². The van der Waals surface area contributed by atoms with Crippen LogP contribution in [0.5, 0.6) is 5.75 Å². The lowest BCUT2D eigenvalue weighted by molar-refractivity contribution is -0.145. The molecule has 1 aromatic rings. The van der Waals surface area contributed by atoms with Crippen molar-refractivity contribution in [2.45, 2.75) is 13.8 Å². The molecule has 0 aliphatic rings. The van der Waals surface area contributed by atoms with Gasteiger partial charge in [0.15, 0.2) is 5.75 Å². The van der Waals surface area contributed by atoms with Gasteiger partial charge in [-0.1, -0.05) is 13.0 Å². The van der Waals surface area contributed by atoms with Crippen LogP contribution >= 0.6 is 0 Å². The third-order valence-electron chi connectivity index (χ3n) is 3.06. The molecule has 0 saturated carbocycles. The van der Waals surface area contributed by atoms with Gasteiger partial charge in [-0.3, -0.25) is 9.59 Å². The summed E-state index contributed by atoms with van der Waals surface area (Å²) in [5.74, 6) is -0.628. The number of rotatable bonds is 6. The van der Waals surface area contributed by atoms with Gasteiger partial charge in [-0.05, 0) is 19.1 Å². The first-order valence-electron chi connectivity index (χ1n) is 6.76. The number of nitrogens with zero attached hydrogens (tertiary/aromatic N) is 1. The number of ether oxygens (including phenoxy) is 2. The molecule has 0 aromatic heterocycles. The zero-order valence-corrected chi connectivity index (χ0v) is 12.9. The average molecular weight is 294 g/mol. The van der Waals surface area contributed by atoms with E-state index in [0.717, 1.165) is 0 Å². The van der Waals surface area contributed by atoms with Crippen LogP contribution in [0.2, 0.25) is 0 Å². The van der Waals surface area contributed by atoms with Crippen molar-refractivity contribution in [3.8, 4) is 5.75 Å². The molecule has 0 bridgehead atoms. The van der Waals surface area contributed by atoms with Gasteiger partial charge in [-0.25, -0.2) is 0 Å². The Morgan fingerprint density at radius 3 is 2.62 bits per heavy atom. The maximum absolute atomic E-state index is 12.5. The van der Waals surface area contributed by atoms with Gasteiger partial charge in [0.05, 0.1) is 30.9 Å². The van der Waals surface area contributed by atoms with Crippen molar-refractivity contribution in [1.29, 1.82) is 0 Å². The Hall–Kier alpha value is -2.24. The largest absolute Gasteiger partial charge is 0.491 e. The van der Waals surface area contributed by atoms with E-state index < -0.39 is 5.92 Å². The predicted octanol–water partition coefficient (Wildman–Crippen LogP) is 1.55. The molecule has 1 unspecified atom stereocenters. The first-order chi connectivity index (χ1) is 9.92. The van der Waals surface area contributed by atoms with Crippen LogP contribution in [0, 0.1) is 5.92 Å². The normalized spacial score (nSPS) is 11.6. The molecule has 0 heterocycles. The second kappa shape index (κ2) is 7.52.